The third-order valence-electron chi connectivity index (χ3n) is 3.52. The number of anilines is 1. The van der Waals surface area contributed by atoms with Gasteiger partial charge >= 0.3 is 0 Å². The molecule has 0 unspecified atom stereocenters. The molecule has 0 bridgehead atoms. The van der Waals surface area contributed by atoms with Gasteiger partial charge in [-0.05, 0) is 33.6 Å². The highest BCUT2D eigenvalue weighted by molar-refractivity contribution is 7.92. The van der Waals surface area contributed by atoms with E-state index in [9.17, 15) is 8.42 Å². The molecule has 1 aliphatic rings. The second kappa shape index (κ2) is 4.87. The topological polar surface area (TPSA) is 90.0 Å². The molecule has 1 aliphatic carbocycles. The number of aryl methyl sites for hydroxylation is 1. The molecule has 0 radical (unpaired) electrons. The van der Waals surface area contributed by atoms with Gasteiger partial charge < -0.3 is 9.09 Å². The van der Waals surface area contributed by atoms with Crippen LogP contribution in [0.1, 0.15) is 50.1 Å². The first-order chi connectivity index (χ1) is 9.88. The van der Waals surface area contributed by atoms with Crippen molar-refractivity contribution in [2.24, 2.45) is 0 Å². The van der Waals surface area contributed by atoms with Crippen LogP contribution in [-0.4, -0.2) is 23.1 Å². The van der Waals surface area contributed by atoms with Crippen LogP contribution in [0.2, 0.25) is 0 Å². The van der Waals surface area contributed by atoms with Crippen LogP contribution in [0, 0.1) is 6.92 Å². The first kappa shape index (κ1) is 14.1. The van der Waals surface area contributed by atoms with Gasteiger partial charge in [0, 0.05) is 18.2 Å². The van der Waals surface area contributed by atoms with Crippen molar-refractivity contribution in [3.05, 3.63) is 24.0 Å². The normalized spacial score (nSPS) is 15.6. The van der Waals surface area contributed by atoms with Gasteiger partial charge in [0.25, 0.3) is 10.0 Å². The van der Waals surface area contributed by atoms with E-state index in [4.69, 9.17) is 4.52 Å². The summed E-state index contributed by atoms with van der Waals surface area (Å²) in [5, 5.41) is 3.86. The minimum atomic E-state index is -3.73. The van der Waals surface area contributed by atoms with Crippen molar-refractivity contribution >= 4 is 15.7 Å². The zero-order valence-electron chi connectivity index (χ0n) is 12.2. The molecule has 0 aromatic carbocycles. The molecular weight excluding hydrogens is 292 g/mol. The Morgan fingerprint density at radius 3 is 2.71 bits per heavy atom. The smallest absolute Gasteiger partial charge is 0.281 e. The molecule has 21 heavy (non-hydrogen) atoms. The Labute approximate surface area is 123 Å². The molecule has 2 aromatic heterocycles. The van der Waals surface area contributed by atoms with Gasteiger partial charge in [-0.25, -0.2) is 4.98 Å². The summed E-state index contributed by atoms with van der Waals surface area (Å²) < 4.78 is 34.4. The minimum Gasteiger partial charge on any atom is -0.359 e. The summed E-state index contributed by atoms with van der Waals surface area (Å²) in [6.45, 7) is 5.64. The van der Waals surface area contributed by atoms with E-state index in [1.165, 1.54) is 12.5 Å². The zero-order chi connectivity index (χ0) is 15.2. The lowest BCUT2D eigenvalue weighted by molar-refractivity contribution is 0.381. The van der Waals surface area contributed by atoms with Crippen LogP contribution < -0.4 is 4.72 Å². The molecule has 0 aliphatic heterocycles. The summed E-state index contributed by atoms with van der Waals surface area (Å²) in [6, 6.07) is 0.154. The van der Waals surface area contributed by atoms with Crippen LogP contribution in [0.3, 0.4) is 0 Å². The lowest BCUT2D eigenvalue weighted by Gasteiger charge is -2.06. The zero-order valence-corrected chi connectivity index (χ0v) is 13.0. The third-order valence-corrected chi connectivity index (χ3v) is 4.76. The predicted octanol–water partition coefficient (Wildman–Crippen LogP) is 2.44. The average molecular weight is 310 g/mol. The lowest BCUT2D eigenvalue weighted by atomic mass is 10.2. The summed E-state index contributed by atoms with van der Waals surface area (Å²) in [7, 11) is -3.73. The maximum Gasteiger partial charge on any atom is 0.281 e. The summed E-state index contributed by atoms with van der Waals surface area (Å²) in [5.74, 6) is 0.900. The van der Waals surface area contributed by atoms with Gasteiger partial charge in [-0.15, -0.1) is 0 Å². The van der Waals surface area contributed by atoms with Crippen LogP contribution in [0.5, 0.6) is 0 Å². The van der Waals surface area contributed by atoms with E-state index in [0.717, 1.165) is 12.8 Å². The molecule has 3 rings (SSSR count). The van der Waals surface area contributed by atoms with E-state index >= 15 is 0 Å². The number of sulfonamides is 1. The van der Waals surface area contributed by atoms with Crippen LogP contribution in [0.15, 0.2) is 22.1 Å². The first-order valence-corrected chi connectivity index (χ1v) is 8.39. The van der Waals surface area contributed by atoms with Crippen molar-refractivity contribution in [2.75, 3.05) is 4.72 Å². The van der Waals surface area contributed by atoms with Gasteiger partial charge in [-0.2, -0.15) is 8.42 Å². The monoisotopic (exact) mass is 310 g/mol. The number of hydrogen-bond donors (Lipinski definition) is 1. The van der Waals surface area contributed by atoms with Gasteiger partial charge in [0.05, 0.1) is 6.33 Å². The van der Waals surface area contributed by atoms with Crippen molar-refractivity contribution in [2.45, 2.75) is 50.6 Å². The highest BCUT2D eigenvalue weighted by Gasteiger charge is 2.33. The second-order valence-corrected chi connectivity index (χ2v) is 7.27. The van der Waals surface area contributed by atoms with Crippen LogP contribution >= 0.6 is 0 Å². The molecule has 114 valence electrons. The Balaban J connectivity index is 1.90. The van der Waals surface area contributed by atoms with E-state index in [1.54, 1.807) is 11.5 Å². The molecule has 7 nitrogen and oxygen atoms in total. The summed E-state index contributed by atoms with van der Waals surface area (Å²) in [4.78, 5) is 3.97. The molecule has 2 heterocycles. The van der Waals surface area contributed by atoms with Crippen molar-refractivity contribution in [3.8, 4) is 0 Å². The second-order valence-electron chi connectivity index (χ2n) is 5.64. The maximum atomic E-state index is 12.4. The molecule has 1 fully saturated rings. The molecule has 8 heteroatoms. The summed E-state index contributed by atoms with van der Waals surface area (Å²) in [6.07, 6.45) is 5.05. The maximum absolute atomic E-state index is 12.4. The Bertz CT molecular complexity index is 756. The van der Waals surface area contributed by atoms with Gasteiger partial charge in [0.15, 0.2) is 10.8 Å². The van der Waals surface area contributed by atoms with Gasteiger partial charge in [0.2, 0.25) is 0 Å². The SMILES string of the molecule is Cc1noc(C2CC2)c1NS(=O)(=O)c1cn(C(C)C)cn1. The van der Waals surface area contributed by atoms with Crippen molar-refractivity contribution in [3.63, 3.8) is 0 Å². The van der Waals surface area contributed by atoms with E-state index in [1.807, 2.05) is 13.8 Å². The highest BCUT2D eigenvalue weighted by atomic mass is 32.2. The first-order valence-electron chi connectivity index (χ1n) is 6.91. The van der Waals surface area contributed by atoms with Crippen molar-refractivity contribution < 1.29 is 12.9 Å². The fourth-order valence-corrected chi connectivity index (χ4v) is 3.13. The quantitative estimate of drug-likeness (QED) is 0.916. The highest BCUT2D eigenvalue weighted by Crippen LogP contribution is 2.44. The van der Waals surface area contributed by atoms with Crippen LogP contribution in [0.25, 0.3) is 0 Å². The fraction of sp³-hybridized carbons (Fsp3) is 0.538. The van der Waals surface area contributed by atoms with Crippen LogP contribution in [0.4, 0.5) is 5.69 Å². The number of rotatable bonds is 5. The van der Waals surface area contributed by atoms with Gasteiger partial charge in [-0.3, -0.25) is 4.72 Å². The molecular formula is C13H18N4O3S. The molecule has 2 aromatic rings. The fourth-order valence-electron chi connectivity index (χ4n) is 2.06. The number of nitrogens with zero attached hydrogens (tertiary/aromatic N) is 3. The molecule has 0 saturated heterocycles. The molecule has 0 spiro atoms. The van der Waals surface area contributed by atoms with E-state index in [-0.39, 0.29) is 17.0 Å². The molecule has 1 saturated carbocycles. The minimum absolute atomic E-state index is 0.00135. The number of aromatic nitrogens is 3. The van der Waals surface area contributed by atoms with Crippen molar-refractivity contribution in [1.29, 1.82) is 0 Å². The molecule has 0 atom stereocenters. The lowest BCUT2D eigenvalue weighted by Crippen LogP contribution is -2.14. The predicted molar refractivity (Wildman–Crippen MR) is 76.6 cm³/mol. The van der Waals surface area contributed by atoms with E-state index < -0.39 is 10.0 Å². The summed E-state index contributed by atoms with van der Waals surface area (Å²) >= 11 is 0. The molecule has 1 N–H and O–H groups in total. The average Bonchev–Trinajstić information content (AvgIpc) is 2.99. The standard InChI is InChI=1S/C13H18N4O3S/c1-8(2)17-6-11(14-7-17)21(18,19)16-12-9(3)15-20-13(12)10-4-5-10/h6-8,10,16H,4-5H2,1-3H3. The van der Waals surface area contributed by atoms with Crippen LogP contribution in [-0.2, 0) is 10.0 Å². The van der Waals surface area contributed by atoms with Gasteiger partial charge in [0.1, 0.15) is 11.4 Å². The van der Waals surface area contributed by atoms with Gasteiger partial charge in [-0.1, -0.05) is 5.16 Å². The van der Waals surface area contributed by atoms with E-state index in [0.29, 0.717) is 17.1 Å². The largest absolute Gasteiger partial charge is 0.359 e. The molecule has 0 amide bonds. The third kappa shape index (κ3) is 2.67. The van der Waals surface area contributed by atoms with E-state index in [2.05, 4.69) is 14.9 Å². The summed E-state index contributed by atoms with van der Waals surface area (Å²) in [5.41, 5.74) is 1.00. The Kier molecular flexibility index (Phi) is 3.27. The number of nitrogens with one attached hydrogen (secondary N) is 1. The number of imidazole rings is 1. The van der Waals surface area contributed by atoms with Crippen molar-refractivity contribution in [1.82, 2.24) is 14.7 Å². The Hall–Kier alpha value is -1.83. The Morgan fingerprint density at radius 2 is 2.14 bits per heavy atom. The Morgan fingerprint density at radius 1 is 1.43 bits per heavy atom. The number of hydrogen-bond acceptors (Lipinski definition) is 5.